The third-order valence-corrected chi connectivity index (χ3v) is 5.14. The van der Waals surface area contributed by atoms with Gasteiger partial charge in [-0.3, -0.25) is 4.90 Å². The van der Waals surface area contributed by atoms with Crippen molar-refractivity contribution in [2.75, 3.05) is 33.2 Å². The van der Waals surface area contributed by atoms with Gasteiger partial charge in [-0.05, 0) is 35.9 Å². The van der Waals surface area contributed by atoms with Crippen molar-refractivity contribution in [1.82, 2.24) is 9.80 Å². The van der Waals surface area contributed by atoms with Gasteiger partial charge >= 0.3 is 0 Å². The van der Waals surface area contributed by atoms with E-state index in [1.165, 1.54) is 16.7 Å². The minimum absolute atomic E-state index is 0. The Bertz CT molecular complexity index is 677. The molecule has 2 aromatic rings. The average Bonchev–Trinajstić information content (AvgIpc) is 2.55. The summed E-state index contributed by atoms with van der Waals surface area (Å²) < 4.78 is 0. The lowest BCUT2D eigenvalue weighted by atomic mass is 9.80. The zero-order chi connectivity index (χ0) is 15.1. The van der Waals surface area contributed by atoms with Crippen LogP contribution in [0.2, 0.25) is 0 Å². The summed E-state index contributed by atoms with van der Waals surface area (Å²) >= 11 is 0. The molecule has 0 saturated carbocycles. The number of piperazine rings is 1. The summed E-state index contributed by atoms with van der Waals surface area (Å²) in [5.41, 5.74) is 4.21. The van der Waals surface area contributed by atoms with Gasteiger partial charge in [0.25, 0.3) is 0 Å². The quantitative estimate of drug-likeness (QED) is 0.833. The van der Waals surface area contributed by atoms with E-state index in [9.17, 15) is 5.11 Å². The number of benzene rings is 2. The molecular formula is C19H24Cl2N2O. The van der Waals surface area contributed by atoms with E-state index < -0.39 is 0 Å². The van der Waals surface area contributed by atoms with Gasteiger partial charge < -0.3 is 10.0 Å². The average molecular weight is 367 g/mol. The van der Waals surface area contributed by atoms with E-state index in [0.29, 0.717) is 17.7 Å². The molecule has 2 atom stereocenters. The SMILES string of the molecule is CN1CCN2C[C@@H](c3ccc(O)cc3)c3ccccc3[C@@H]2C1.Cl.Cl. The van der Waals surface area contributed by atoms with Gasteiger partial charge in [0.05, 0.1) is 0 Å². The van der Waals surface area contributed by atoms with Crippen LogP contribution in [0.1, 0.15) is 28.7 Å². The summed E-state index contributed by atoms with van der Waals surface area (Å²) in [7, 11) is 2.21. The van der Waals surface area contributed by atoms with Crippen molar-refractivity contribution in [3.8, 4) is 5.75 Å². The summed E-state index contributed by atoms with van der Waals surface area (Å²) in [5.74, 6) is 0.738. The lowest BCUT2D eigenvalue weighted by molar-refractivity contribution is 0.0772. The Morgan fingerprint density at radius 2 is 1.54 bits per heavy atom. The van der Waals surface area contributed by atoms with Crippen LogP contribution in [0, 0.1) is 0 Å². The van der Waals surface area contributed by atoms with Gasteiger partial charge in [0.2, 0.25) is 0 Å². The van der Waals surface area contributed by atoms with E-state index in [2.05, 4.69) is 53.2 Å². The number of nitrogens with zero attached hydrogens (tertiary/aromatic N) is 2. The van der Waals surface area contributed by atoms with Gasteiger partial charge in [0, 0.05) is 38.1 Å². The normalized spacial score (nSPS) is 23.4. The Morgan fingerprint density at radius 1 is 0.875 bits per heavy atom. The number of hydrogen-bond donors (Lipinski definition) is 1. The Morgan fingerprint density at radius 3 is 2.25 bits per heavy atom. The van der Waals surface area contributed by atoms with E-state index in [1.807, 2.05) is 0 Å². The first-order chi connectivity index (χ1) is 10.7. The molecule has 1 saturated heterocycles. The number of halogens is 2. The van der Waals surface area contributed by atoms with Crippen LogP contribution in [0.25, 0.3) is 0 Å². The number of likely N-dealkylation sites (N-methyl/N-ethyl adjacent to an activating group) is 1. The van der Waals surface area contributed by atoms with Crippen LogP contribution >= 0.6 is 24.8 Å². The smallest absolute Gasteiger partial charge is 0.115 e. The Labute approximate surface area is 156 Å². The second-order valence-electron chi connectivity index (χ2n) is 6.55. The van der Waals surface area contributed by atoms with E-state index >= 15 is 0 Å². The fourth-order valence-corrected chi connectivity index (χ4v) is 3.93. The molecule has 3 nitrogen and oxygen atoms in total. The van der Waals surface area contributed by atoms with Crippen molar-refractivity contribution < 1.29 is 5.11 Å². The van der Waals surface area contributed by atoms with Crippen molar-refractivity contribution in [2.24, 2.45) is 0 Å². The van der Waals surface area contributed by atoms with Gasteiger partial charge in [-0.25, -0.2) is 0 Å². The lowest BCUT2D eigenvalue weighted by Gasteiger charge is -2.46. The second kappa shape index (κ2) is 7.75. The van der Waals surface area contributed by atoms with Crippen LogP contribution in [0.3, 0.4) is 0 Å². The lowest BCUT2D eigenvalue weighted by Crippen LogP contribution is -2.50. The van der Waals surface area contributed by atoms with E-state index in [1.54, 1.807) is 12.1 Å². The van der Waals surface area contributed by atoms with E-state index in [-0.39, 0.29) is 24.8 Å². The molecule has 0 unspecified atom stereocenters. The third-order valence-electron chi connectivity index (χ3n) is 5.14. The number of aromatic hydroxyl groups is 1. The second-order valence-corrected chi connectivity index (χ2v) is 6.55. The largest absolute Gasteiger partial charge is 0.508 e. The van der Waals surface area contributed by atoms with Crippen molar-refractivity contribution >= 4 is 24.8 Å². The summed E-state index contributed by atoms with van der Waals surface area (Å²) in [6, 6.07) is 17.1. The zero-order valence-corrected chi connectivity index (χ0v) is 15.4. The van der Waals surface area contributed by atoms with Gasteiger partial charge in [-0.15, -0.1) is 24.8 Å². The molecule has 4 rings (SSSR count). The number of phenolic OH excluding ortho intramolecular Hbond substituents is 1. The Kier molecular flexibility index (Phi) is 6.16. The molecule has 5 heteroatoms. The van der Waals surface area contributed by atoms with E-state index in [0.717, 1.165) is 26.2 Å². The molecule has 0 radical (unpaired) electrons. The maximum atomic E-state index is 9.55. The molecule has 2 aromatic carbocycles. The highest BCUT2D eigenvalue weighted by Crippen LogP contribution is 2.40. The van der Waals surface area contributed by atoms with Crippen LogP contribution in [0.4, 0.5) is 0 Å². The Balaban J connectivity index is 0.00000104. The molecule has 0 aromatic heterocycles. The molecular weight excluding hydrogens is 343 g/mol. The minimum Gasteiger partial charge on any atom is -0.508 e. The summed E-state index contributed by atoms with van der Waals surface area (Å²) in [5, 5.41) is 9.55. The van der Waals surface area contributed by atoms with Crippen LogP contribution in [0.5, 0.6) is 5.75 Å². The molecule has 130 valence electrons. The van der Waals surface area contributed by atoms with Crippen LogP contribution in [-0.2, 0) is 0 Å². The highest BCUT2D eigenvalue weighted by Gasteiger charge is 2.36. The molecule has 0 spiro atoms. The molecule has 24 heavy (non-hydrogen) atoms. The van der Waals surface area contributed by atoms with E-state index in [4.69, 9.17) is 0 Å². The van der Waals surface area contributed by atoms with Crippen molar-refractivity contribution in [2.45, 2.75) is 12.0 Å². The van der Waals surface area contributed by atoms with Crippen molar-refractivity contribution in [1.29, 1.82) is 0 Å². The first-order valence-electron chi connectivity index (χ1n) is 8.03. The highest BCUT2D eigenvalue weighted by atomic mass is 35.5. The number of fused-ring (bicyclic) bond motifs is 3. The molecule has 2 aliphatic heterocycles. The van der Waals surface area contributed by atoms with Gasteiger partial charge in [-0.2, -0.15) is 0 Å². The fraction of sp³-hybridized carbons (Fsp3) is 0.368. The first-order valence-corrected chi connectivity index (χ1v) is 8.03. The van der Waals surface area contributed by atoms with Gasteiger partial charge in [-0.1, -0.05) is 36.4 Å². The molecule has 0 aliphatic carbocycles. The molecule has 0 bridgehead atoms. The molecule has 2 aliphatic rings. The van der Waals surface area contributed by atoms with Crippen LogP contribution in [0.15, 0.2) is 48.5 Å². The molecule has 1 N–H and O–H groups in total. The van der Waals surface area contributed by atoms with Crippen LogP contribution < -0.4 is 0 Å². The van der Waals surface area contributed by atoms with Crippen molar-refractivity contribution in [3.63, 3.8) is 0 Å². The van der Waals surface area contributed by atoms with Gasteiger partial charge in [0.15, 0.2) is 0 Å². The maximum Gasteiger partial charge on any atom is 0.115 e. The standard InChI is InChI=1S/C19H22N2O.2ClH/c1-20-10-11-21-12-18(14-6-8-15(22)9-7-14)16-4-2-3-5-17(16)19(21)13-20;;/h2-9,18-19,22H,10-13H2,1H3;2*1H/t18-,19-;;/m0../s1. The Hall–Kier alpha value is -1.26. The molecule has 0 amide bonds. The van der Waals surface area contributed by atoms with Crippen molar-refractivity contribution in [3.05, 3.63) is 65.2 Å². The summed E-state index contributed by atoms with van der Waals surface area (Å²) in [4.78, 5) is 5.05. The van der Waals surface area contributed by atoms with Crippen LogP contribution in [-0.4, -0.2) is 48.1 Å². The summed E-state index contributed by atoms with van der Waals surface area (Å²) in [6.45, 7) is 4.45. The maximum absolute atomic E-state index is 9.55. The third kappa shape index (κ3) is 3.40. The number of rotatable bonds is 1. The topological polar surface area (TPSA) is 26.7 Å². The van der Waals surface area contributed by atoms with Gasteiger partial charge in [0.1, 0.15) is 5.75 Å². The highest BCUT2D eigenvalue weighted by molar-refractivity contribution is 5.85. The summed E-state index contributed by atoms with van der Waals surface area (Å²) in [6.07, 6.45) is 0. The predicted molar refractivity (Wildman–Crippen MR) is 103 cm³/mol. The molecule has 1 fully saturated rings. The monoisotopic (exact) mass is 366 g/mol. The molecule has 2 heterocycles. The first kappa shape index (κ1) is 19.1. The predicted octanol–water partition coefficient (Wildman–Crippen LogP) is 3.67. The fourth-order valence-electron chi connectivity index (χ4n) is 3.93. The zero-order valence-electron chi connectivity index (χ0n) is 13.8. The number of phenols is 1. The minimum atomic E-state index is 0. The number of hydrogen-bond acceptors (Lipinski definition) is 3.